The third kappa shape index (κ3) is 14.3. The molecule has 0 amide bonds. The lowest BCUT2D eigenvalue weighted by Crippen LogP contribution is -2.17. The Bertz CT molecular complexity index is 176. The topological polar surface area (TPSA) is 47.9 Å². The Kier molecular flexibility index (Phi) is 16.8. The Morgan fingerprint density at radius 1 is 0.800 bits per heavy atom. The third-order valence-corrected chi connectivity index (χ3v) is 3.27. The van der Waals surface area contributed by atoms with Crippen LogP contribution in [0.4, 0.5) is 0 Å². The van der Waals surface area contributed by atoms with Crippen LogP contribution >= 0.6 is 0 Å². The second kappa shape index (κ2) is 16.9. The zero-order chi connectivity index (χ0) is 14.9. The van der Waals surface area contributed by atoms with Gasteiger partial charge in [0.25, 0.3) is 0 Å². The van der Waals surface area contributed by atoms with E-state index in [2.05, 4.69) is 13.8 Å². The summed E-state index contributed by atoms with van der Waals surface area (Å²) in [7, 11) is 0. The van der Waals surface area contributed by atoms with E-state index in [-0.39, 0.29) is 6.61 Å². The smallest absolute Gasteiger partial charge is 0.0704 e. The Morgan fingerprint density at radius 2 is 1.45 bits per heavy atom. The van der Waals surface area contributed by atoms with Gasteiger partial charge in [-0.2, -0.15) is 0 Å². The number of ether oxygens (including phenoxy) is 3. The number of hydrogen-bond acceptors (Lipinski definition) is 4. The molecule has 1 unspecified atom stereocenters. The van der Waals surface area contributed by atoms with Crippen LogP contribution in [0.2, 0.25) is 0 Å². The van der Waals surface area contributed by atoms with Gasteiger partial charge in [-0.1, -0.05) is 46.0 Å². The number of rotatable bonds is 16. The van der Waals surface area contributed by atoms with E-state index in [1.807, 2.05) is 0 Å². The van der Waals surface area contributed by atoms with Gasteiger partial charge >= 0.3 is 0 Å². The van der Waals surface area contributed by atoms with Gasteiger partial charge in [-0.25, -0.2) is 0 Å². The molecule has 0 saturated carbocycles. The first kappa shape index (κ1) is 19.8. The summed E-state index contributed by atoms with van der Waals surface area (Å²) in [6.07, 6.45) is 9.22. The molecule has 4 nitrogen and oxygen atoms in total. The Balaban J connectivity index is 3.28. The van der Waals surface area contributed by atoms with E-state index in [4.69, 9.17) is 19.3 Å². The van der Waals surface area contributed by atoms with Crippen LogP contribution < -0.4 is 0 Å². The summed E-state index contributed by atoms with van der Waals surface area (Å²) in [5.41, 5.74) is 0. The Labute approximate surface area is 124 Å². The average molecular weight is 290 g/mol. The number of aliphatic hydroxyl groups excluding tert-OH is 1. The van der Waals surface area contributed by atoms with Crippen molar-refractivity contribution in [3.63, 3.8) is 0 Å². The molecule has 0 fully saturated rings. The molecule has 1 atom stereocenters. The summed E-state index contributed by atoms with van der Waals surface area (Å²) in [4.78, 5) is 0. The lowest BCUT2D eigenvalue weighted by atomic mass is 10.1. The molecule has 0 aliphatic rings. The minimum absolute atomic E-state index is 0.0690. The van der Waals surface area contributed by atoms with Gasteiger partial charge in [0.1, 0.15) is 0 Å². The van der Waals surface area contributed by atoms with E-state index in [1.54, 1.807) is 0 Å². The molecular formula is C16H34O4. The van der Waals surface area contributed by atoms with E-state index in [0.717, 1.165) is 6.42 Å². The van der Waals surface area contributed by atoms with Gasteiger partial charge in [-0.15, -0.1) is 0 Å². The van der Waals surface area contributed by atoms with Gasteiger partial charge in [-0.05, 0) is 12.8 Å². The van der Waals surface area contributed by atoms with Crippen molar-refractivity contribution >= 4 is 0 Å². The fraction of sp³-hybridized carbons (Fsp3) is 1.00. The zero-order valence-corrected chi connectivity index (χ0v) is 13.4. The first-order valence-electron chi connectivity index (χ1n) is 8.23. The highest BCUT2D eigenvalue weighted by Crippen LogP contribution is 2.11. The van der Waals surface area contributed by atoms with Crippen LogP contribution in [0.3, 0.4) is 0 Å². The molecule has 0 spiro atoms. The summed E-state index contributed by atoms with van der Waals surface area (Å²) in [5.74, 6) is 0. The van der Waals surface area contributed by atoms with Crippen molar-refractivity contribution in [3.8, 4) is 0 Å². The highest BCUT2D eigenvalue weighted by Gasteiger charge is 2.05. The zero-order valence-electron chi connectivity index (χ0n) is 13.4. The fourth-order valence-electron chi connectivity index (χ4n) is 2.04. The molecule has 1 N–H and O–H groups in total. The standard InChI is InChI=1S/C16H34O4/c1-3-5-6-7-8-9-16(4-2)20-15-14-19-13-12-18-11-10-17/h16-17H,3-15H2,1-2H3. The summed E-state index contributed by atoms with van der Waals surface area (Å²) >= 11 is 0. The molecule has 122 valence electrons. The lowest BCUT2D eigenvalue weighted by molar-refractivity contribution is -0.0180. The number of hydrogen-bond donors (Lipinski definition) is 1. The van der Waals surface area contributed by atoms with Crippen LogP contribution in [0.15, 0.2) is 0 Å². The monoisotopic (exact) mass is 290 g/mol. The molecule has 0 heterocycles. The Hall–Kier alpha value is -0.160. The molecular weight excluding hydrogens is 256 g/mol. The molecule has 0 bridgehead atoms. The van der Waals surface area contributed by atoms with Crippen molar-refractivity contribution in [1.29, 1.82) is 0 Å². The fourth-order valence-corrected chi connectivity index (χ4v) is 2.04. The maximum atomic E-state index is 8.53. The number of aliphatic hydroxyl groups is 1. The average Bonchev–Trinajstić information content (AvgIpc) is 2.47. The van der Waals surface area contributed by atoms with E-state index in [1.165, 1.54) is 38.5 Å². The van der Waals surface area contributed by atoms with Crippen LogP contribution in [0.25, 0.3) is 0 Å². The minimum Gasteiger partial charge on any atom is -0.394 e. The summed E-state index contributed by atoms with van der Waals surface area (Å²) in [6.45, 7) is 7.26. The van der Waals surface area contributed by atoms with Gasteiger partial charge in [-0.3, -0.25) is 0 Å². The molecule has 0 radical (unpaired) electrons. The van der Waals surface area contributed by atoms with Crippen molar-refractivity contribution in [2.24, 2.45) is 0 Å². The van der Waals surface area contributed by atoms with Crippen molar-refractivity contribution in [3.05, 3.63) is 0 Å². The molecule has 4 heteroatoms. The number of unbranched alkanes of at least 4 members (excludes halogenated alkanes) is 4. The molecule has 0 aliphatic carbocycles. The maximum Gasteiger partial charge on any atom is 0.0704 e. The Morgan fingerprint density at radius 3 is 2.10 bits per heavy atom. The minimum atomic E-state index is 0.0690. The normalized spacial score (nSPS) is 12.8. The predicted molar refractivity (Wildman–Crippen MR) is 82.1 cm³/mol. The predicted octanol–water partition coefficient (Wildman–Crippen LogP) is 3.17. The largest absolute Gasteiger partial charge is 0.394 e. The van der Waals surface area contributed by atoms with Crippen LogP contribution in [-0.4, -0.2) is 50.9 Å². The first-order chi connectivity index (χ1) is 9.85. The summed E-state index contributed by atoms with van der Waals surface area (Å²) in [6, 6.07) is 0. The molecule has 0 rings (SSSR count). The summed E-state index contributed by atoms with van der Waals surface area (Å²) < 4.78 is 16.3. The third-order valence-electron chi connectivity index (χ3n) is 3.27. The van der Waals surface area contributed by atoms with E-state index in [0.29, 0.717) is 39.1 Å². The van der Waals surface area contributed by atoms with Gasteiger partial charge in [0.15, 0.2) is 0 Å². The molecule has 0 aliphatic heterocycles. The van der Waals surface area contributed by atoms with Crippen LogP contribution in [-0.2, 0) is 14.2 Å². The molecule has 20 heavy (non-hydrogen) atoms. The summed E-state index contributed by atoms with van der Waals surface area (Å²) in [5, 5.41) is 8.53. The first-order valence-corrected chi connectivity index (χ1v) is 8.23. The highest BCUT2D eigenvalue weighted by atomic mass is 16.5. The van der Waals surface area contributed by atoms with E-state index >= 15 is 0 Å². The van der Waals surface area contributed by atoms with Crippen molar-refractivity contribution in [1.82, 2.24) is 0 Å². The lowest BCUT2D eigenvalue weighted by Gasteiger charge is -2.16. The van der Waals surface area contributed by atoms with E-state index in [9.17, 15) is 0 Å². The second-order valence-electron chi connectivity index (χ2n) is 5.05. The van der Waals surface area contributed by atoms with Gasteiger partial charge in [0.05, 0.1) is 45.7 Å². The van der Waals surface area contributed by atoms with Crippen LogP contribution in [0, 0.1) is 0 Å². The molecule has 0 aromatic rings. The van der Waals surface area contributed by atoms with Crippen LogP contribution in [0.5, 0.6) is 0 Å². The SMILES string of the molecule is CCCCCCCC(CC)OCCOCCOCCO. The highest BCUT2D eigenvalue weighted by molar-refractivity contribution is 4.56. The van der Waals surface area contributed by atoms with Crippen molar-refractivity contribution in [2.45, 2.75) is 64.9 Å². The quantitative estimate of drug-likeness (QED) is 0.444. The maximum absolute atomic E-state index is 8.53. The van der Waals surface area contributed by atoms with Gasteiger partial charge in [0, 0.05) is 0 Å². The van der Waals surface area contributed by atoms with Gasteiger partial charge in [0.2, 0.25) is 0 Å². The molecule has 0 aromatic carbocycles. The molecule has 0 saturated heterocycles. The van der Waals surface area contributed by atoms with Crippen LogP contribution in [0.1, 0.15) is 58.8 Å². The van der Waals surface area contributed by atoms with Crippen molar-refractivity contribution < 1.29 is 19.3 Å². The van der Waals surface area contributed by atoms with Crippen molar-refractivity contribution in [2.75, 3.05) is 39.6 Å². The second-order valence-corrected chi connectivity index (χ2v) is 5.05. The van der Waals surface area contributed by atoms with Gasteiger partial charge < -0.3 is 19.3 Å². The molecule has 0 aromatic heterocycles. The van der Waals surface area contributed by atoms with E-state index < -0.39 is 0 Å².